The SMILES string of the molecule is Cn1cnc(-c2ccc(NCc3ccc4cn[nH]c4c3)cc2)n1. The molecule has 4 rings (SSSR count). The van der Waals surface area contributed by atoms with Gasteiger partial charge in [0.1, 0.15) is 6.33 Å². The number of aromatic nitrogens is 5. The summed E-state index contributed by atoms with van der Waals surface area (Å²) in [4.78, 5) is 4.26. The van der Waals surface area contributed by atoms with Gasteiger partial charge in [-0.2, -0.15) is 10.2 Å². The normalized spacial score (nSPS) is 11.0. The van der Waals surface area contributed by atoms with E-state index in [4.69, 9.17) is 0 Å². The molecule has 2 heterocycles. The second-order valence-corrected chi connectivity index (χ2v) is 5.46. The highest BCUT2D eigenvalue weighted by atomic mass is 15.3. The summed E-state index contributed by atoms with van der Waals surface area (Å²) < 4.78 is 1.70. The molecule has 0 aliphatic carbocycles. The molecule has 6 nitrogen and oxygen atoms in total. The van der Waals surface area contributed by atoms with E-state index < -0.39 is 0 Å². The minimum absolute atomic E-state index is 0.740. The fourth-order valence-corrected chi connectivity index (χ4v) is 2.51. The standard InChI is InChI=1S/C17H16N6/c1-23-11-19-17(22-23)13-4-6-15(7-5-13)18-9-12-2-3-14-10-20-21-16(14)8-12/h2-8,10-11,18H,9H2,1H3,(H,20,21). The average molecular weight is 304 g/mol. The van der Waals surface area contributed by atoms with E-state index in [2.05, 4.69) is 43.8 Å². The van der Waals surface area contributed by atoms with Crippen LogP contribution in [0.25, 0.3) is 22.3 Å². The molecule has 0 saturated heterocycles. The molecule has 0 radical (unpaired) electrons. The van der Waals surface area contributed by atoms with Gasteiger partial charge in [-0.25, -0.2) is 4.98 Å². The Labute approximate surface area is 133 Å². The van der Waals surface area contributed by atoms with Gasteiger partial charge in [0.25, 0.3) is 0 Å². The molecule has 0 amide bonds. The van der Waals surface area contributed by atoms with Crippen LogP contribution >= 0.6 is 0 Å². The zero-order chi connectivity index (χ0) is 15.6. The molecule has 23 heavy (non-hydrogen) atoms. The number of benzene rings is 2. The van der Waals surface area contributed by atoms with Gasteiger partial charge in [0, 0.05) is 30.2 Å². The number of rotatable bonds is 4. The molecule has 2 N–H and O–H groups in total. The van der Waals surface area contributed by atoms with E-state index in [1.165, 1.54) is 5.56 Å². The first-order valence-electron chi connectivity index (χ1n) is 7.40. The summed E-state index contributed by atoms with van der Waals surface area (Å²) in [6.45, 7) is 0.760. The number of aryl methyl sites for hydroxylation is 1. The lowest BCUT2D eigenvalue weighted by Gasteiger charge is -2.07. The Kier molecular flexibility index (Phi) is 3.27. The van der Waals surface area contributed by atoms with Crippen LogP contribution in [-0.4, -0.2) is 25.0 Å². The number of aromatic amines is 1. The average Bonchev–Trinajstić information content (AvgIpc) is 3.21. The Bertz CT molecular complexity index is 935. The second kappa shape index (κ2) is 5.57. The van der Waals surface area contributed by atoms with Crippen LogP contribution in [0.2, 0.25) is 0 Å². The van der Waals surface area contributed by atoms with E-state index in [1.54, 1.807) is 11.0 Å². The van der Waals surface area contributed by atoms with E-state index in [0.717, 1.165) is 34.5 Å². The molecule has 0 unspecified atom stereocenters. The van der Waals surface area contributed by atoms with E-state index in [-0.39, 0.29) is 0 Å². The van der Waals surface area contributed by atoms with Crippen molar-refractivity contribution in [3.05, 3.63) is 60.6 Å². The fourth-order valence-electron chi connectivity index (χ4n) is 2.51. The number of H-pyrrole nitrogens is 1. The molecule has 0 fully saturated rings. The Morgan fingerprint density at radius 1 is 1.13 bits per heavy atom. The molecule has 0 aliphatic rings. The van der Waals surface area contributed by atoms with Gasteiger partial charge in [0.2, 0.25) is 0 Å². The van der Waals surface area contributed by atoms with Crippen LogP contribution in [0.4, 0.5) is 5.69 Å². The highest BCUT2D eigenvalue weighted by Crippen LogP contribution is 2.19. The van der Waals surface area contributed by atoms with E-state index in [9.17, 15) is 0 Å². The molecule has 0 spiro atoms. The topological polar surface area (TPSA) is 71.4 Å². The Morgan fingerprint density at radius 2 is 2.00 bits per heavy atom. The van der Waals surface area contributed by atoms with Crippen LogP contribution in [0, 0.1) is 0 Å². The van der Waals surface area contributed by atoms with Crippen molar-refractivity contribution in [2.24, 2.45) is 7.05 Å². The number of nitrogens with zero attached hydrogens (tertiary/aromatic N) is 4. The fraction of sp³-hybridized carbons (Fsp3) is 0.118. The first-order chi connectivity index (χ1) is 11.3. The monoisotopic (exact) mass is 304 g/mol. The summed E-state index contributed by atoms with van der Waals surface area (Å²) >= 11 is 0. The summed E-state index contributed by atoms with van der Waals surface area (Å²) in [7, 11) is 1.86. The van der Waals surface area contributed by atoms with Crippen LogP contribution < -0.4 is 5.32 Å². The lowest BCUT2D eigenvalue weighted by atomic mass is 10.1. The van der Waals surface area contributed by atoms with Gasteiger partial charge in [-0.05, 0) is 35.9 Å². The number of hydrogen-bond donors (Lipinski definition) is 2. The van der Waals surface area contributed by atoms with Crippen molar-refractivity contribution in [3.63, 3.8) is 0 Å². The lowest BCUT2D eigenvalue weighted by Crippen LogP contribution is -1.99. The molecule has 0 bridgehead atoms. The molecule has 0 saturated carbocycles. The van der Waals surface area contributed by atoms with Crippen molar-refractivity contribution >= 4 is 16.6 Å². The predicted octanol–water partition coefficient (Wildman–Crippen LogP) is 2.97. The van der Waals surface area contributed by atoms with Crippen molar-refractivity contribution in [3.8, 4) is 11.4 Å². The van der Waals surface area contributed by atoms with E-state index in [1.807, 2.05) is 37.5 Å². The number of hydrogen-bond acceptors (Lipinski definition) is 4. The molecule has 2 aromatic heterocycles. The molecule has 6 heteroatoms. The van der Waals surface area contributed by atoms with Gasteiger partial charge in [-0.3, -0.25) is 9.78 Å². The van der Waals surface area contributed by atoms with Gasteiger partial charge in [-0.15, -0.1) is 0 Å². The zero-order valence-electron chi connectivity index (χ0n) is 12.7. The van der Waals surface area contributed by atoms with Gasteiger partial charge >= 0.3 is 0 Å². The Morgan fingerprint density at radius 3 is 2.78 bits per heavy atom. The number of nitrogens with one attached hydrogen (secondary N) is 2. The van der Waals surface area contributed by atoms with Crippen molar-refractivity contribution in [1.29, 1.82) is 0 Å². The molecular formula is C17H16N6. The molecule has 2 aromatic carbocycles. The minimum atomic E-state index is 0.740. The molecule has 114 valence electrons. The van der Waals surface area contributed by atoms with Crippen molar-refractivity contribution in [1.82, 2.24) is 25.0 Å². The smallest absolute Gasteiger partial charge is 0.181 e. The third-order valence-corrected chi connectivity index (χ3v) is 3.75. The summed E-state index contributed by atoms with van der Waals surface area (Å²) in [5, 5.41) is 15.9. The number of fused-ring (bicyclic) bond motifs is 1. The maximum Gasteiger partial charge on any atom is 0.181 e. The van der Waals surface area contributed by atoms with Crippen LogP contribution in [0.3, 0.4) is 0 Å². The van der Waals surface area contributed by atoms with Crippen molar-refractivity contribution < 1.29 is 0 Å². The molecule has 0 atom stereocenters. The zero-order valence-corrected chi connectivity index (χ0v) is 12.7. The van der Waals surface area contributed by atoms with Crippen LogP contribution in [0.5, 0.6) is 0 Å². The first-order valence-corrected chi connectivity index (χ1v) is 7.40. The predicted molar refractivity (Wildman–Crippen MR) is 89.9 cm³/mol. The van der Waals surface area contributed by atoms with Crippen LogP contribution in [0.1, 0.15) is 5.56 Å². The Balaban J connectivity index is 1.46. The van der Waals surface area contributed by atoms with Crippen molar-refractivity contribution in [2.45, 2.75) is 6.54 Å². The van der Waals surface area contributed by atoms with Crippen LogP contribution in [0.15, 0.2) is 55.0 Å². The maximum absolute atomic E-state index is 4.30. The highest BCUT2D eigenvalue weighted by molar-refractivity contribution is 5.78. The van der Waals surface area contributed by atoms with Crippen molar-refractivity contribution in [2.75, 3.05) is 5.32 Å². The van der Waals surface area contributed by atoms with Crippen LogP contribution in [-0.2, 0) is 13.6 Å². The minimum Gasteiger partial charge on any atom is -0.381 e. The van der Waals surface area contributed by atoms with Gasteiger partial charge in [0.05, 0.1) is 11.7 Å². The largest absolute Gasteiger partial charge is 0.381 e. The third kappa shape index (κ3) is 2.78. The summed E-state index contributed by atoms with van der Waals surface area (Å²) in [6, 6.07) is 14.4. The van der Waals surface area contributed by atoms with Gasteiger partial charge in [0.15, 0.2) is 5.82 Å². The number of anilines is 1. The molecular weight excluding hydrogens is 288 g/mol. The summed E-state index contributed by atoms with van der Waals surface area (Å²) in [5.74, 6) is 0.740. The Hall–Kier alpha value is -3.15. The van der Waals surface area contributed by atoms with E-state index in [0.29, 0.717) is 0 Å². The third-order valence-electron chi connectivity index (χ3n) is 3.75. The molecule has 4 aromatic rings. The van der Waals surface area contributed by atoms with E-state index >= 15 is 0 Å². The first kappa shape index (κ1) is 13.5. The molecule has 0 aliphatic heterocycles. The highest BCUT2D eigenvalue weighted by Gasteiger charge is 2.03. The summed E-state index contributed by atoms with van der Waals surface area (Å²) in [6.07, 6.45) is 3.53. The lowest BCUT2D eigenvalue weighted by molar-refractivity contribution is 0.768. The quantitative estimate of drug-likeness (QED) is 0.608. The van der Waals surface area contributed by atoms with Gasteiger partial charge < -0.3 is 5.32 Å². The van der Waals surface area contributed by atoms with Gasteiger partial charge in [-0.1, -0.05) is 12.1 Å². The maximum atomic E-state index is 4.30. The second-order valence-electron chi connectivity index (χ2n) is 5.46. The summed E-state index contributed by atoms with van der Waals surface area (Å²) in [5.41, 5.74) is 4.34.